The molecular weight excluding hydrogens is 284 g/mol. The van der Waals surface area contributed by atoms with Gasteiger partial charge >= 0.3 is 0 Å². The summed E-state index contributed by atoms with van der Waals surface area (Å²) in [6.07, 6.45) is 4.86. The molecule has 0 heterocycles. The minimum atomic E-state index is 1.09. The Kier molecular flexibility index (Phi) is 3.25. The molecule has 1 aliphatic carbocycles. The number of fused-ring (bicyclic) bond motifs is 3. The zero-order chi connectivity index (χ0) is 12.5. The highest BCUT2D eigenvalue weighted by molar-refractivity contribution is 9.10. The Morgan fingerprint density at radius 2 is 1.72 bits per heavy atom. The summed E-state index contributed by atoms with van der Waals surface area (Å²) >= 11 is 3.56. The lowest BCUT2D eigenvalue weighted by Crippen LogP contribution is -1.88. The van der Waals surface area contributed by atoms with E-state index < -0.39 is 0 Å². The van der Waals surface area contributed by atoms with Crippen molar-refractivity contribution in [2.24, 2.45) is 0 Å². The van der Waals surface area contributed by atoms with Crippen LogP contribution in [0.25, 0.3) is 11.1 Å². The lowest BCUT2D eigenvalue weighted by Gasteiger charge is -2.04. The fourth-order valence-corrected chi connectivity index (χ4v) is 3.18. The van der Waals surface area contributed by atoms with E-state index in [0.717, 1.165) is 6.42 Å². The van der Waals surface area contributed by atoms with Crippen molar-refractivity contribution in [1.29, 1.82) is 0 Å². The first-order chi connectivity index (χ1) is 8.78. The summed E-state index contributed by atoms with van der Waals surface area (Å²) in [6.45, 7) is 2.25. The second kappa shape index (κ2) is 4.89. The van der Waals surface area contributed by atoms with Crippen molar-refractivity contribution in [3.63, 3.8) is 0 Å². The predicted molar refractivity (Wildman–Crippen MR) is 81.0 cm³/mol. The zero-order valence-electron chi connectivity index (χ0n) is 10.7. The van der Waals surface area contributed by atoms with E-state index in [4.69, 9.17) is 0 Å². The van der Waals surface area contributed by atoms with Gasteiger partial charge in [0.25, 0.3) is 0 Å². The molecule has 0 unspecified atom stereocenters. The predicted octanol–water partition coefficient (Wildman–Crippen LogP) is 5.36. The van der Waals surface area contributed by atoms with E-state index in [1.165, 1.54) is 51.6 Å². The molecule has 92 valence electrons. The summed E-state index contributed by atoms with van der Waals surface area (Å²) in [7, 11) is 0. The van der Waals surface area contributed by atoms with Crippen molar-refractivity contribution in [3.05, 3.63) is 57.6 Å². The molecule has 0 saturated heterocycles. The average molecular weight is 301 g/mol. The lowest BCUT2D eigenvalue weighted by atomic mass is 10.0. The lowest BCUT2D eigenvalue weighted by molar-refractivity contribution is 0.794. The van der Waals surface area contributed by atoms with Crippen molar-refractivity contribution in [2.75, 3.05) is 0 Å². The fraction of sp³-hybridized carbons (Fsp3) is 0.294. The Morgan fingerprint density at radius 1 is 1.00 bits per heavy atom. The quantitative estimate of drug-likeness (QED) is 0.610. The van der Waals surface area contributed by atoms with Crippen molar-refractivity contribution in [1.82, 2.24) is 0 Å². The van der Waals surface area contributed by atoms with Crippen LogP contribution in [0.2, 0.25) is 0 Å². The van der Waals surface area contributed by atoms with Crippen LogP contribution in [0.4, 0.5) is 0 Å². The average Bonchev–Trinajstić information content (AvgIpc) is 2.72. The van der Waals surface area contributed by atoms with Crippen molar-refractivity contribution in [2.45, 2.75) is 32.6 Å². The van der Waals surface area contributed by atoms with Gasteiger partial charge in [-0.15, -0.1) is 0 Å². The highest BCUT2D eigenvalue weighted by atomic mass is 79.9. The molecule has 0 N–H and O–H groups in total. The minimum absolute atomic E-state index is 1.09. The SMILES string of the molecule is CCCCc1ccc2c(c1)Cc1cc(Br)ccc1-2. The van der Waals surface area contributed by atoms with Crippen LogP contribution in [0.1, 0.15) is 36.5 Å². The van der Waals surface area contributed by atoms with Crippen molar-refractivity contribution >= 4 is 15.9 Å². The molecule has 3 rings (SSSR count). The van der Waals surface area contributed by atoms with Gasteiger partial charge in [-0.2, -0.15) is 0 Å². The number of hydrogen-bond acceptors (Lipinski definition) is 0. The Labute approximate surface area is 117 Å². The third kappa shape index (κ3) is 2.12. The molecule has 0 atom stereocenters. The zero-order valence-corrected chi connectivity index (χ0v) is 12.3. The van der Waals surface area contributed by atoms with E-state index in [1.54, 1.807) is 0 Å². The second-order valence-corrected chi connectivity index (χ2v) is 5.99. The fourth-order valence-electron chi connectivity index (χ4n) is 2.77. The molecule has 0 aromatic heterocycles. The van der Waals surface area contributed by atoms with Gasteiger partial charge in [-0.25, -0.2) is 0 Å². The monoisotopic (exact) mass is 300 g/mol. The molecule has 0 amide bonds. The van der Waals surface area contributed by atoms with Gasteiger partial charge in [0.2, 0.25) is 0 Å². The van der Waals surface area contributed by atoms with Crippen LogP contribution in [0, 0.1) is 0 Å². The van der Waals surface area contributed by atoms with E-state index in [2.05, 4.69) is 59.3 Å². The van der Waals surface area contributed by atoms with E-state index in [0.29, 0.717) is 0 Å². The Bertz CT molecular complexity index is 584. The van der Waals surface area contributed by atoms with Gasteiger partial charge in [0.15, 0.2) is 0 Å². The molecule has 18 heavy (non-hydrogen) atoms. The molecule has 1 heteroatoms. The Morgan fingerprint density at radius 3 is 2.50 bits per heavy atom. The number of unbranched alkanes of at least 4 members (excludes halogenated alkanes) is 1. The summed E-state index contributed by atoms with van der Waals surface area (Å²) in [4.78, 5) is 0. The maximum atomic E-state index is 3.56. The molecule has 1 aliphatic rings. The van der Waals surface area contributed by atoms with Crippen molar-refractivity contribution < 1.29 is 0 Å². The smallest absolute Gasteiger partial charge is 0.0178 e. The van der Waals surface area contributed by atoms with Gasteiger partial charge in [-0.05, 0) is 59.2 Å². The van der Waals surface area contributed by atoms with E-state index >= 15 is 0 Å². The first-order valence-corrected chi connectivity index (χ1v) is 7.48. The van der Waals surface area contributed by atoms with Crippen LogP contribution in [0.3, 0.4) is 0 Å². The molecular formula is C17H17Br. The summed E-state index contributed by atoms with van der Waals surface area (Å²) in [5.74, 6) is 0. The Hall–Kier alpha value is -1.08. The number of aryl methyl sites for hydroxylation is 1. The normalized spacial score (nSPS) is 12.3. The van der Waals surface area contributed by atoms with Crippen molar-refractivity contribution in [3.8, 4) is 11.1 Å². The molecule has 2 aromatic rings. The molecule has 0 fully saturated rings. The topological polar surface area (TPSA) is 0 Å². The van der Waals surface area contributed by atoms with Crippen LogP contribution < -0.4 is 0 Å². The van der Waals surface area contributed by atoms with Crippen LogP contribution in [-0.4, -0.2) is 0 Å². The highest BCUT2D eigenvalue weighted by Crippen LogP contribution is 2.38. The third-order valence-corrected chi connectivity index (χ3v) is 4.22. The van der Waals surface area contributed by atoms with Crippen LogP contribution in [-0.2, 0) is 12.8 Å². The van der Waals surface area contributed by atoms with Gasteiger partial charge in [0, 0.05) is 4.47 Å². The molecule has 0 radical (unpaired) electrons. The molecule has 0 aliphatic heterocycles. The summed E-state index contributed by atoms with van der Waals surface area (Å²) in [5, 5.41) is 0. The van der Waals surface area contributed by atoms with Gasteiger partial charge in [0.05, 0.1) is 0 Å². The largest absolute Gasteiger partial charge is 0.0654 e. The van der Waals surface area contributed by atoms with Gasteiger partial charge in [-0.1, -0.05) is 53.5 Å². The summed E-state index contributed by atoms with van der Waals surface area (Å²) < 4.78 is 1.18. The Balaban J connectivity index is 1.96. The van der Waals surface area contributed by atoms with Crippen LogP contribution in [0.15, 0.2) is 40.9 Å². The van der Waals surface area contributed by atoms with Gasteiger partial charge in [-0.3, -0.25) is 0 Å². The molecule has 2 aromatic carbocycles. The molecule has 0 saturated carbocycles. The molecule has 0 bridgehead atoms. The number of benzene rings is 2. The van der Waals surface area contributed by atoms with E-state index in [-0.39, 0.29) is 0 Å². The van der Waals surface area contributed by atoms with E-state index in [1.807, 2.05) is 0 Å². The molecule has 0 nitrogen and oxygen atoms in total. The third-order valence-electron chi connectivity index (χ3n) is 3.73. The number of hydrogen-bond donors (Lipinski definition) is 0. The second-order valence-electron chi connectivity index (χ2n) is 5.07. The maximum absolute atomic E-state index is 3.56. The standard InChI is InChI=1S/C17H17Br/c1-2-3-4-12-5-7-16-13(9-12)10-14-11-15(18)6-8-17(14)16/h5-9,11H,2-4,10H2,1H3. The number of rotatable bonds is 3. The van der Waals surface area contributed by atoms with E-state index in [9.17, 15) is 0 Å². The summed E-state index contributed by atoms with van der Waals surface area (Å²) in [5.41, 5.74) is 7.28. The summed E-state index contributed by atoms with van der Waals surface area (Å²) in [6, 6.07) is 13.6. The first kappa shape index (κ1) is 12.0. The minimum Gasteiger partial charge on any atom is -0.0654 e. The van der Waals surface area contributed by atoms with Gasteiger partial charge < -0.3 is 0 Å². The van der Waals surface area contributed by atoms with Gasteiger partial charge in [0.1, 0.15) is 0 Å². The number of halogens is 1. The highest BCUT2D eigenvalue weighted by Gasteiger charge is 2.18. The van der Waals surface area contributed by atoms with Crippen LogP contribution in [0.5, 0.6) is 0 Å². The van der Waals surface area contributed by atoms with Crippen LogP contribution >= 0.6 is 15.9 Å². The molecule has 0 spiro atoms. The maximum Gasteiger partial charge on any atom is 0.0178 e. The first-order valence-electron chi connectivity index (χ1n) is 6.68.